The molecule has 0 saturated heterocycles. The van der Waals surface area contributed by atoms with E-state index in [1.807, 2.05) is 36.5 Å². The molecular weight excluding hydrogens is 254 g/mol. The number of amides is 1. The predicted molar refractivity (Wildman–Crippen MR) is 77.3 cm³/mol. The first-order valence-corrected chi connectivity index (χ1v) is 6.78. The van der Waals surface area contributed by atoms with E-state index in [0.717, 1.165) is 24.4 Å². The van der Waals surface area contributed by atoms with E-state index in [9.17, 15) is 4.79 Å². The molecule has 106 valence electrons. The minimum atomic E-state index is -0.360. The lowest BCUT2D eigenvalue weighted by molar-refractivity contribution is 0.152. The number of carbonyl (C=O) groups excluding carboxylic acids is 1. The van der Waals surface area contributed by atoms with Gasteiger partial charge in [0.15, 0.2) is 0 Å². The molecule has 5 nitrogen and oxygen atoms in total. The molecule has 20 heavy (non-hydrogen) atoms. The van der Waals surface area contributed by atoms with Crippen LogP contribution in [0.15, 0.2) is 42.7 Å². The minimum absolute atomic E-state index is 0.360. The Balaban J connectivity index is 1.86. The van der Waals surface area contributed by atoms with Gasteiger partial charge in [0.05, 0.1) is 6.61 Å². The summed E-state index contributed by atoms with van der Waals surface area (Å²) in [7, 11) is 0. The number of alkyl carbamates (subject to hydrolysis) is 1. The minimum Gasteiger partial charge on any atom is -0.450 e. The maximum Gasteiger partial charge on any atom is 0.407 e. The van der Waals surface area contributed by atoms with Gasteiger partial charge in [0, 0.05) is 31.0 Å². The van der Waals surface area contributed by atoms with Crippen LogP contribution in [0.4, 0.5) is 4.79 Å². The zero-order valence-electron chi connectivity index (χ0n) is 11.6. The maximum absolute atomic E-state index is 11.1. The van der Waals surface area contributed by atoms with E-state index in [1.165, 1.54) is 0 Å². The summed E-state index contributed by atoms with van der Waals surface area (Å²) in [6.45, 7) is 3.57. The third-order valence-electron chi connectivity index (χ3n) is 2.87. The molecule has 0 aliphatic heterocycles. The number of aromatic nitrogens is 2. The van der Waals surface area contributed by atoms with Crippen LogP contribution in [0.2, 0.25) is 0 Å². The zero-order valence-corrected chi connectivity index (χ0v) is 11.6. The number of rotatable bonds is 6. The van der Waals surface area contributed by atoms with Crippen LogP contribution in [-0.2, 0) is 11.3 Å². The van der Waals surface area contributed by atoms with E-state index in [1.54, 1.807) is 13.1 Å². The Morgan fingerprint density at radius 2 is 2.15 bits per heavy atom. The van der Waals surface area contributed by atoms with Crippen LogP contribution in [-0.4, -0.2) is 28.8 Å². The molecule has 0 saturated carbocycles. The van der Waals surface area contributed by atoms with E-state index in [0.29, 0.717) is 13.2 Å². The van der Waals surface area contributed by atoms with Gasteiger partial charge in [-0.3, -0.25) is 0 Å². The van der Waals surface area contributed by atoms with Gasteiger partial charge in [0.25, 0.3) is 0 Å². The monoisotopic (exact) mass is 273 g/mol. The van der Waals surface area contributed by atoms with Gasteiger partial charge in [-0.25, -0.2) is 9.78 Å². The highest BCUT2D eigenvalue weighted by molar-refractivity contribution is 5.66. The fraction of sp³-hybridized carbons (Fsp3) is 0.333. The highest BCUT2D eigenvalue weighted by Crippen LogP contribution is 2.16. The van der Waals surface area contributed by atoms with Crippen molar-refractivity contribution in [2.75, 3.05) is 13.2 Å². The molecule has 1 aromatic carbocycles. The highest BCUT2D eigenvalue weighted by Gasteiger charge is 2.05. The lowest BCUT2D eigenvalue weighted by Crippen LogP contribution is -2.26. The van der Waals surface area contributed by atoms with Crippen molar-refractivity contribution in [3.05, 3.63) is 42.7 Å². The van der Waals surface area contributed by atoms with Gasteiger partial charge in [0.2, 0.25) is 0 Å². The number of nitrogens with zero attached hydrogens (tertiary/aromatic N) is 2. The van der Waals surface area contributed by atoms with E-state index in [-0.39, 0.29) is 6.09 Å². The van der Waals surface area contributed by atoms with E-state index in [4.69, 9.17) is 4.74 Å². The third-order valence-corrected chi connectivity index (χ3v) is 2.87. The summed E-state index contributed by atoms with van der Waals surface area (Å²) in [5.74, 6) is 0.946. The summed E-state index contributed by atoms with van der Waals surface area (Å²) in [4.78, 5) is 15.5. The van der Waals surface area contributed by atoms with Crippen molar-refractivity contribution < 1.29 is 9.53 Å². The van der Waals surface area contributed by atoms with Gasteiger partial charge in [-0.05, 0) is 13.3 Å². The molecule has 0 spiro atoms. The second-order valence-electron chi connectivity index (χ2n) is 4.31. The summed E-state index contributed by atoms with van der Waals surface area (Å²) in [6, 6.07) is 10.1. The second-order valence-corrected chi connectivity index (χ2v) is 4.31. The van der Waals surface area contributed by atoms with Crippen LogP contribution in [0, 0.1) is 0 Å². The molecule has 0 aliphatic rings. The quantitative estimate of drug-likeness (QED) is 0.823. The van der Waals surface area contributed by atoms with Gasteiger partial charge in [-0.1, -0.05) is 30.3 Å². The van der Waals surface area contributed by atoms with Crippen molar-refractivity contribution in [3.8, 4) is 11.4 Å². The number of aryl methyl sites for hydroxylation is 1. The molecule has 0 aliphatic carbocycles. The molecular formula is C15H19N3O2. The molecule has 1 aromatic heterocycles. The van der Waals surface area contributed by atoms with Crippen LogP contribution in [0.5, 0.6) is 0 Å². The van der Waals surface area contributed by atoms with Gasteiger partial charge in [-0.2, -0.15) is 0 Å². The SMILES string of the molecule is CCOC(=O)NCCCn1ccnc1-c1ccccc1. The molecule has 1 heterocycles. The molecule has 1 amide bonds. The number of carbonyl (C=O) groups is 1. The first-order chi connectivity index (χ1) is 9.81. The third kappa shape index (κ3) is 3.85. The van der Waals surface area contributed by atoms with E-state index < -0.39 is 0 Å². The number of hydrogen-bond donors (Lipinski definition) is 1. The van der Waals surface area contributed by atoms with Crippen molar-refractivity contribution in [1.82, 2.24) is 14.9 Å². The number of hydrogen-bond acceptors (Lipinski definition) is 3. The lowest BCUT2D eigenvalue weighted by Gasteiger charge is -2.08. The summed E-state index contributed by atoms with van der Waals surface area (Å²) in [6.07, 6.45) is 4.21. The number of ether oxygens (including phenoxy) is 1. The Kier molecular flexibility index (Phi) is 5.17. The topological polar surface area (TPSA) is 56.1 Å². The van der Waals surface area contributed by atoms with Crippen molar-refractivity contribution in [1.29, 1.82) is 0 Å². The molecule has 0 bridgehead atoms. The first kappa shape index (κ1) is 14.1. The van der Waals surface area contributed by atoms with Crippen molar-refractivity contribution >= 4 is 6.09 Å². The number of imidazole rings is 1. The molecule has 2 rings (SSSR count). The second kappa shape index (κ2) is 7.33. The lowest BCUT2D eigenvalue weighted by atomic mass is 10.2. The van der Waals surface area contributed by atoms with E-state index in [2.05, 4.69) is 14.9 Å². The number of benzene rings is 1. The summed E-state index contributed by atoms with van der Waals surface area (Å²) in [5, 5.41) is 2.71. The van der Waals surface area contributed by atoms with Gasteiger partial charge >= 0.3 is 6.09 Å². The summed E-state index contributed by atoms with van der Waals surface area (Å²) in [5.41, 5.74) is 1.09. The average Bonchev–Trinajstić information content (AvgIpc) is 2.93. The fourth-order valence-corrected chi connectivity index (χ4v) is 1.96. The summed E-state index contributed by atoms with van der Waals surface area (Å²) < 4.78 is 6.89. The molecule has 0 radical (unpaired) electrons. The Labute approximate surface area is 118 Å². The molecule has 5 heteroatoms. The van der Waals surface area contributed by atoms with Crippen LogP contribution in [0.25, 0.3) is 11.4 Å². The predicted octanol–water partition coefficient (Wildman–Crippen LogP) is 2.69. The van der Waals surface area contributed by atoms with Gasteiger partial charge in [0.1, 0.15) is 5.82 Å². The van der Waals surface area contributed by atoms with Crippen molar-refractivity contribution in [2.24, 2.45) is 0 Å². The normalized spacial score (nSPS) is 10.2. The molecule has 1 N–H and O–H groups in total. The zero-order chi connectivity index (χ0) is 14.2. The number of nitrogens with one attached hydrogen (secondary N) is 1. The van der Waals surface area contributed by atoms with Crippen LogP contribution in [0.3, 0.4) is 0 Å². The molecule has 0 fully saturated rings. The Bertz CT molecular complexity index is 537. The van der Waals surface area contributed by atoms with Crippen molar-refractivity contribution in [2.45, 2.75) is 19.9 Å². The van der Waals surface area contributed by atoms with Crippen LogP contribution >= 0.6 is 0 Å². The van der Waals surface area contributed by atoms with Gasteiger partial charge < -0.3 is 14.6 Å². The Morgan fingerprint density at radius 1 is 1.35 bits per heavy atom. The van der Waals surface area contributed by atoms with Crippen molar-refractivity contribution in [3.63, 3.8) is 0 Å². The highest BCUT2D eigenvalue weighted by atomic mass is 16.5. The summed E-state index contributed by atoms with van der Waals surface area (Å²) >= 11 is 0. The van der Waals surface area contributed by atoms with Crippen LogP contribution in [0.1, 0.15) is 13.3 Å². The van der Waals surface area contributed by atoms with E-state index >= 15 is 0 Å². The Hall–Kier alpha value is -2.30. The molecule has 0 atom stereocenters. The fourth-order valence-electron chi connectivity index (χ4n) is 1.96. The molecule has 2 aromatic rings. The largest absolute Gasteiger partial charge is 0.450 e. The first-order valence-electron chi connectivity index (χ1n) is 6.78. The molecule has 0 unspecified atom stereocenters. The standard InChI is InChI=1S/C15H19N3O2/c1-2-20-15(19)17-9-6-11-18-12-10-16-14(18)13-7-4-3-5-8-13/h3-5,7-8,10,12H,2,6,9,11H2,1H3,(H,17,19). The van der Waals surface area contributed by atoms with Gasteiger partial charge in [-0.15, -0.1) is 0 Å². The van der Waals surface area contributed by atoms with Crippen LogP contribution < -0.4 is 5.32 Å². The maximum atomic E-state index is 11.1. The smallest absolute Gasteiger partial charge is 0.407 e. The average molecular weight is 273 g/mol. The Morgan fingerprint density at radius 3 is 2.90 bits per heavy atom.